The molecule has 6 nitrogen and oxygen atoms in total. The van der Waals surface area contributed by atoms with Gasteiger partial charge in [-0.3, -0.25) is 14.6 Å². The number of β-amino-alcohol motifs (C(OH)–C–C–N with tert-alkyl or cyclic N) is 1. The van der Waals surface area contributed by atoms with Crippen LogP contribution in [-0.4, -0.2) is 85.2 Å². The lowest BCUT2D eigenvalue weighted by molar-refractivity contribution is -0.132. The summed E-state index contributed by atoms with van der Waals surface area (Å²) in [4.78, 5) is 18.9. The number of likely N-dealkylation sites (N-methyl/N-ethyl adjacent to an activating group) is 1. The average Bonchev–Trinajstić information content (AvgIpc) is 2.75. The fourth-order valence-corrected chi connectivity index (χ4v) is 3.92. The molecule has 6 heteroatoms. The van der Waals surface area contributed by atoms with Crippen LogP contribution in [0, 0.1) is 0 Å². The molecule has 2 aromatic rings. The smallest absolute Gasteiger partial charge is 0.227 e. The van der Waals surface area contributed by atoms with Crippen LogP contribution >= 0.6 is 0 Å². The Hall–Kier alpha value is -2.41. The molecule has 1 N–H and O–H groups in total. The molecule has 1 unspecified atom stereocenters. The van der Waals surface area contributed by atoms with E-state index in [1.165, 1.54) is 5.56 Å². The van der Waals surface area contributed by atoms with Crippen molar-refractivity contribution >= 4 is 5.91 Å². The van der Waals surface area contributed by atoms with Crippen molar-refractivity contribution in [3.63, 3.8) is 0 Å². The molecule has 0 aliphatic carbocycles. The van der Waals surface area contributed by atoms with E-state index in [-0.39, 0.29) is 5.91 Å². The topological polar surface area (TPSA) is 56.3 Å². The summed E-state index contributed by atoms with van der Waals surface area (Å²) in [6, 6.07) is 18.0. The summed E-state index contributed by atoms with van der Waals surface area (Å²) in [6.45, 7) is 5.09. The van der Waals surface area contributed by atoms with E-state index in [0.717, 1.165) is 30.9 Å². The van der Waals surface area contributed by atoms with Gasteiger partial charge < -0.3 is 14.7 Å². The molecule has 1 amide bonds. The van der Waals surface area contributed by atoms with E-state index in [9.17, 15) is 9.90 Å². The Morgan fingerprint density at radius 2 is 1.77 bits per heavy atom. The van der Waals surface area contributed by atoms with Gasteiger partial charge in [-0.2, -0.15) is 0 Å². The third kappa shape index (κ3) is 6.83. The number of hydrogen-bond donors (Lipinski definition) is 1. The summed E-state index contributed by atoms with van der Waals surface area (Å²) in [5.41, 5.74) is 2.22. The van der Waals surface area contributed by atoms with Gasteiger partial charge in [0, 0.05) is 45.8 Å². The Balaban J connectivity index is 1.38. The molecule has 1 saturated heterocycles. The minimum absolute atomic E-state index is 0.144. The SMILES string of the molecule is COc1cccc(CC(=O)N2CCN(CC(O)CN(C)Cc3ccccc3)CC2)c1. The van der Waals surface area contributed by atoms with Gasteiger partial charge in [-0.25, -0.2) is 0 Å². The highest BCUT2D eigenvalue weighted by Gasteiger charge is 2.23. The van der Waals surface area contributed by atoms with Gasteiger partial charge in [-0.1, -0.05) is 42.5 Å². The van der Waals surface area contributed by atoms with Gasteiger partial charge >= 0.3 is 0 Å². The van der Waals surface area contributed by atoms with Gasteiger partial charge in [0.1, 0.15) is 5.75 Å². The summed E-state index contributed by atoms with van der Waals surface area (Å²) >= 11 is 0. The summed E-state index contributed by atoms with van der Waals surface area (Å²) < 4.78 is 5.23. The second-order valence-electron chi connectivity index (χ2n) is 8.05. The molecule has 162 valence electrons. The molecule has 0 radical (unpaired) electrons. The number of rotatable bonds is 9. The van der Waals surface area contributed by atoms with Crippen LogP contribution in [0.3, 0.4) is 0 Å². The van der Waals surface area contributed by atoms with Crippen molar-refractivity contribution in [2.24, 2.45) is 0 Å². The van der Waals surface area contributed by atoms with Gasteiger partial charge in [0.05, 0.1) is 19.6 Å². The number of nitrogens with zero attached hydrogens (tertiary/aromatic N) is 3. The van der Waals surface area contributed by atoms with Crippen LogP contribution in [0.4, 0.5) is 0 Å². The summed E-state index contributed by atoms with van der Waals surface area (Å²) in [7, 11) is 3.67. The van der Waals surface area contributed by atoms with Gasteiger partial charge in [-0.15, -0.1) is 0 Å². The monoisotopic (exact) mass is 411 g/mol. The minimum atomic E-state index is -0.405. The molecule has 1 fully saturated rings. The molecule has 1 aliphatic heterocycles. The van der Waals surface area contributed by atoms with Crippen LogP contribution in [0.25, 0.3) is 0 Å². The number of aliphatic hydroxyl groups excluding tert-OH is 1. The maximum absolute atomic E-state index is 12.6. The fourth-order valence-electron chi connectivity index (χ4n) is 3.92. The third-order valence-corrected chi connectivity index (χ3v) is 5.50. The fraction of sp³-hybridized carbons (Fsp3) is 0.458. The quantitative estimate of drug-likeness (QED) is 0.683. The van der Waals surface area contributed by atoms with E-state index in [2.05, 4.69) is 21.9 Å². The maximum atomic E-state index is 12.6. The average molecular weight is 412 g/mol. The van der Waals surface area contributed by atoms with Crippen molar-refractivity contribution in [3.05, 3.63) is 65.7 Å². The number of carbonyl (C=O) groups is 1. The first-order valence-corrected chi connectivity index (χ1v) is 10.6. The molecule has 1 atom stereocenters. The van der Waals surface area contributed by atoms with Crippen molar-refractivity contribution < 1.29 is 14.6 Å². The lowest BCUT2D eigenvalue weighted by Crippen LogP contribution is -2.51. The summed E-state index contributed by atoms with van der Waals surface area (Å²) in [6.07, 6.45) is -0.0119. The molecule has 30 heavy (non-hydrogen) atoms. The predicted octanol–water partition coefficient (Wildman–Crippen LogP) is 1.87. The molecular formula is C24H33N3O3. The zero-order chi connectivity index (χ0) is 21.3. The number of hydrogen-bond acceptors (Lipinski definition) is 5. The first-order valence-electron chi connectivity index (χ1n) is 10.6. The van der Waals surface area contributed by atoms with Crippen LogP contribution in [0.5, 0.6) is 5.75 Å². The van der Waals surface area contributed by atoms with Crippen LogP contribution in [-0.2, 0) is 17.8 Å². The van der Waals surface area contributed by atoms with Gasteiger partial charge in [0.15, 0.2) is 0 Å². The van der Waals surface area contributed by atoms with E-state index >= 15 is 0 Å². The number of methoxy groups -OCH3 is 1. The Morgan fingerprint density at radius 3 is 2.47 bits per heavy atom. The predicted molar refractivity (Wildman–Crippen MR) is 119 cm³/mol. The molecular weight excluding hydrogens is 378 g/mol. The summed E-state index contributed by atoms with van der Waals surface area (Å²) in [5, 5.41) is 10.5. The molecule has 0 saturated carbocycles. The van der Waals surface area contributed by atoms with Crippen molar-refractivity contribution in [2.45, 2.75) is 19.1 Å². The van der Waals surface area contributed by atoms with Gasteiger partial charge in [-0.05, 0) is 30.3 Å². The third-order valence-electron chi connectivity index (χ3n) is 5.50. The van der Waals surface area contributed by atoms with Crippen LogP contribution in [0.15, 0.2) is 54.6 Å². The second kappa shape index (κ2) is 11.1. The lowest BCUT2D eigenvalue weighted by Gasteiger charge is -2.36. The molecule has 3 rings (SSSR count). The maximum Gasteiger partial charge on any atom is 0.227 e. The Kier molecular flexibility index (Phi) is 8.25. The van der Waals surface area contributed by atoms with Crippen molar-refractivity contribution in [3.8, 4) is 5.75 Å². The Labute approximate surface area is 179 Å². The molecule has 2 aromatic carbocycles. The van der Waals surface area contributed by atoms with Crippen molar-refractivity contribution in [1.29, 1.82) is 0 Å². The Bertz CT molecular complexity index is 791. The van der Waals surface area contributed by atoms with Crippen molar-refractivity contribution in [1.82, 2.24) is 14.7 Å². The molecule has 0 bridgehead atoms. The van der Waals surface area contributed by atoms with E-state index < -0.39 is 6.10 Å². The van der Waals surface area contributed by atoms with Crippen LogP contribution in [0.1, 0.15) is 11.1 Å². The molecule has 1 aliphatic rings. The first-order chi connectivity index (χ1) is 14.5. The minimum Gasteiger partial charge on any atom is -0.497 e. The number of piperazine rings is 1. The largest absolute Gasteiger partial charge is 0.497 e. The van der Waals surface area contributed by atoms with Gasteiger partial charge in [0.25, 0.3) is 0 Å². The van der Waals surface area contributed by atoms with E-state index in [1.54, 1.807) is 7.11 Å². The van der Waals surface area contributed by atoms with E-state index in [0.29, 0.717) is 32.6 Å². The van der Waals surface area contributed by atoms with E-state index in [4.69, 9.17) is 4.74 Å². The van der Waals surface area contributed by atoms with Crippen LogP contribution in [0.2, 0.25) is 0 Å². The van der Waals surface area contributed by atoms with Gasteiger partial charge in [0.2, 0.25) is 5.91 Å². The number of ether oxygens (including phenoxy) is 1. The molecule has 1 heterocycles. The van der Waals surface area contributed by atoms with E-state index in [1.807, 2.05) is 54.4 Å². The number of amides is 1. The van der Waals surface area contributed by atoms with Crippen molar-refractivity contribution in [2.75, 3.05) is 53.4 Å². The lowest BCUT2D eigenvalue weighted by atomic mass is 10.1. The first kappa shape index (κ1) is 22.3. The summed E-state index contributed by atoms with van der Waals surface area (Å²) in [5.74, 6) is 0.919. The number of aliphatic hydroxyl groups is 1. The molecule has 0 aromatic heterocycles. The Morgan fingerprint density at radius 1 is 1.07 bits per heavy atom. The molecule has 0 spiro atoms. The highest BCUT2D eigenvalue weighted by atomic mass is 16.5. The highest BCUT2D eigenvalue weighted by Crippen LogP contribution is 2.14. The normalized spacial score (nSPS) is 15.9. The van der Waals surface area contributed by atoms with Crippen LogP contribution < -0.4 is 4.74 Å². The number of benzene rings is 2. The number of carbonyl (C=O) groups excluding carboxylic acids is 1. The standard InChI is InChI=1S/C24H33N3O3/c1-25(17-20-7-4-3-5-8-20)18-22(28)19-26-11-13-27(14-12-26)24(29)16-21-9-6-10-23(15-21)30-2/h3-10,15,22,28H,11-14,16-19H2,1-2H3. The second-order valence-corrected chi connectivity index (χ2v) is 8.05. The highest BCUT2D eigenvalue weighted by molar-refractivity contribution is 5.79. The zero-order valence-corrected chi connectivity index (χ0v) is 18.0. The zero-order valence-electron chi connectivity index (χ0n) is 18.0.